The lowest BCUT2D eigenvalue weighted by Gasteiger charge is -2.31. The number of nitrogens with zero attached hydrogens (tertiary/aromatic N) is 1. The molecule has 0 bridgehead atoms. The van der Waals surface area contributed by atoms with Gasteiger partial charge in [0.25, 0.3) is 5.69 Å². The van der Waals surface area contributed by atoms with Crippen LogP contribution in [0.25, 0.3) is 0 Å². The molecular weight excluding hydrogens is 249 g/mol. The zero-order valence-electron chi connectivity index (χ0n) is 11.0. The van der Waals surface area contributed by atoms with Gasteiger partial charge in [-0.1, -0.05) is 13.3 Å². The Labute approximate surface area is 111 Å². The van der Waals surface area contributed by atoms with Gasteiger partial charge in [-0.2, -0.15) is 0 Å². The number of hydrogen-bond donors (Lipinski definition) is 0. The van der Waals surface area contributed by atoms with Crippen molar-refractivity contribution < 1.29 is 14.1 Å². The molecule has 4 nitrogen and oxygen atoms in total. The Morgan fingerprint density at radius 3 is 2.79 bits per heavy atom. The fourth-order valence-corrected chi connectivity index (χ4v) is 2.69. The van der Waals surface area contributed by atoms with Crippen molar-refractivity contribution in [2.45, 2.75) is 45.1 Å². The first-order valence-electron chi connectivity index (χ1n) is 6.71. The fourth-order valence-electron chi connectivity index (χ4n) is 2.69. The van der Waals surface area contributed by atoms with Crippen molar-refractivity contribution in [3.8, 4) is 5.75 Å². The summed E-state index contributed by atoms with van der Waals surface area (Å²) in [5, 5.41) is 10.7. The molecule has 0 radical (unpaired) electrons. The number of hydrogen-bond acceptors (Lipinski definition) is 3. The van der Waals surface area contributed by atoms with Gasteiger partial charge in [0.2, 0.25) is 0 Å². The summed E-state index contributed by atoms with van der Waals surface area (Å²) in [5.74, 6) is 0.0844. The van der Waals surface area contributed by atoms with Gasteiger partial charge in [0, 0.05) is 6.07 Å². The van der Waals surface area contributed by atoms with Crippen molar-refractivity contribution >= 4 is 5.69 Å². The molecular formula is C14H18FNO3. The standard InChI is InChI=1S/C14H18FNO3/c1-2-10-5-3-4-6-14(10)19-13-8-11(15)7-12(9-13)16(17)18/h7-10,14H,2-6H2,1H3. The summed E-state index contributed by atoms with van der Waals surface area (Å²) in [6.45, 7) is 2.11. The molecule has 1 aromatic rings. The molecule has 2 atom stereocenters. The Hall–Kier alpha value is -1.65. The maximum Gasteiger partial charge on any atom is 0.276 e. The highest BCUT2D eigenvalue weighted by atomic mass is 19.1. The molecule has 2 rings (SSSR count). The van der Waals surface area contributed by atoms with Crippen LogP contribution < -0.4 is 4.74 Å². The Morgan fingerprint density at radius 2 is 2.11 bits per heavy atom. The molecule has 0 N–H and O–H groups in total. The summed E-state index contributed by atoms with van der Waals surface area (Å²) >= 11 is 0. The lowest BCUT2D eigenvalue weighted by Crippen LogP contribution is -2.29. The molecule has 1 saturated carbocycles. The van der Waals surface area contributed by atoms with E-state index >= 15 is 0 Å². The van der Waals surface area contributed by atoms with Gasteiger partial charge >= 0.3 is 0 Å². The van der Waals surface area contributed by atoms with Gasteiger partial charge in [-0.15, -0.1) is 0 Å². The molecule has 0 amide bonds. The maximum atomic E-state index is 13.3. The molecule has 1 fully saturated rings. The third-order valence-electron chi connectivity index (χ3n) is 3.72. The number of non-ortho nitro benzene ring substituents is 1. The number of halogens is 1. The smallest absolute Gasteiger partial charge is 0.276 e. The van der Waals surface area contributed by atoms with Crippen LogP contribution in [0.1, 0.15) is 39.0 Å². The molecule has 0 spiro atoms. The fraction of sp³-hybridized carbons (Fsp3) is 0.571. The van der Waals surface area contributed by atoms with Crippen LogP contribution in [-0.4, -0.2) is 11.0 Å². The van der Waals surface area contributed by atoms with Gasteiger partial charge in [-0.05, 0) is 31.6 Å². The third-order valence-corrected chi connectivity index (χ3v) is 3.72. The molecule has 0 heterocycles. The zero-order valence-corrected chi connectivity index (χ0v) is 11.0. The van der Waals surface area contributed by atoms with Crippen LogP contribution in [0.5, 0.6) is 5.75 Å². The van der Waals surface area contributed by atoms with Crippen molar-refractivity contribution in [3.05, 3.63) is 34.1 Å². The quantitative estimate of drug-likeness (QED) is 0.610. The van der Waals surface area contributed by atoms with E-state index in [4.69, 9.17) is 4.74 Å². The van der Waals surface area contributed by atoms with Crippen LogP contribution >= 0.6 is 0 Å². The van der Waals surface area contributed by atoms with Gasteiger partial charge in [0.15, 0.2) is 0 Å². The number of benzene rings is 1. The van der Waals surface area contributed by atoms with E-state index < -0.39 is 10.7 Å². The van der Waals surface area contributed by atoms with E-state index in [1.807, 2.05) is 0 Å². The first kappa shape index (κ1) is 13.8. The number of ether oxygens (including phenoxy) is 1. The first-order chi connectivity index (χ1) is 9.10. The van der Waals surface area contributed by atoms with E-state index in [2.05, 4.69) is 6.92 Å². The SMILES string of the molecule is CCC1CCCCC1Oc1cc(F)cc([N+](=O)[O-])c1. The third kappa shape index (κ3) is 3.43. The summed E-state index contributed by atoms with van der Waals surface area (Å²) in [6, 6.07) is 3.42. The Kier molecular flexibility index (Phi) is 4.35. The lowest BCUT2D eigenvalue weighted by atomic mass is 9.85. The van der Waals surface area contributed by atoms with E-state index in [0.29, 0.717) is 5.92 Å². The highest BCUT2D eigenvalue weighted by molar-refractivity contribution is 5.39. The lowest BCUT2D eigenvalue weighted by molar-refractivity contribution is -0.385. The average Bonchev–Trinajstić information content (AvgIpc) is 2.38. The molecule has 104 valence electrons. The normalized spacial score (nSPS) is 23.1. The van der Waals surface area contributed by atoms with Gasteiger partial charge < -0.3 is 4.74 Å². The van der Waals surface area contributed by atoms with Crippen molar-refractivity contribution in [3.63, 3.8) is 0 Å². The number of nitro groups is 1. The van der Waals surface area contributed by atoms with E-state index in [-0.39, 0.29) is 17.5 Å². The zero-order chi connectivity index (χ0) is 13.8. The monoisotopic (exact) mass is 267 g/mol. The Bertz CT molecular complexity index is 464. The van der Waals surface area contributed by atoms with Crippen LogP contribution in [-0.2, 0) is 0 Å². The minimum atomic E-state index is -0.631. The molecule has 19 heavy (non-hydrogen) atoms. The topological polar surface area (TPSA) is 52.4 Å². The highest BCUT2D eigenvalue weighted by Gasteiger charge is 2.26. The predicted octanol–water partition coefficient (Wildman–Crippen LogP) is 4.08. The van der Waals surface area contributed by atoms with Gasteiger partial charge in [-0.25, -0.2) is 4.39 Å². The van der Waals surface area contributed by atoms with Crippen LogP contribution in [0.15, 0.2) is 18.2 Å². The number of nitro benzene ring substituents is 1. The molecule has 1 aliphatic rings. The molecule has 1 aromatic carbocycles. The van der Waals surface area contributed by atoms with E-state index in [1.54, 1.807) is 0 Å². The van der Waals surface area contributed by atoms with E-state index in [1.165, 1.54) is 18.6 Å². The van der Waals surface area contributed by atoms with E-state index in [0.717, 1.165) is 31.7 Å². The number of rotatable bonds is 4. The highest BCUT2D eigenvalue weighted by Crippen LogP contribution is 2.31. The van der Waals surface area contributed by atoms with Gasteiger partial charge in [-0.3, -0.25) is 10.1 Å². The summed E-state index contributed by atoms with van der Waals surface area (Å²) in [5.41, 5.74) is -0.265. The Balaban J connectivity index is 2.15. The second-order valence-electron chi connectivity index (χ2n) is 5.01. The maximum absolute atomic E-state index is 13.3. The summed E-state index contributed by atoms with van der Waals surface area (Å²) in [6.07, 6.45) is 5.39. The van der Waals surface area contributed by atoms with Crippen molar-refractivity contribution in [1.29, 1.82) is 0 Å². The van der Waals surface area contributed by atoms with Crippen molar-refractivity contribution in [1.82, 2.24) is 0 Å². The van der Waals surface area contributed by atoms with Gasteiger partial charge in [0.1, 0.15) is 17.7 Å². The average molecular weight is 267 g/mol. The molecule has 1 aliphatic carbocycles. The second kappa shape index (κ2) is 5.99. The molecule has 0 aliphatic heterocycles. The van der Waals surface area contributed by atoms with Gasteiger partial charge in [0.05, 0.1) is 17.1 Å². The van der Waals surface area contributed by atoms with Crippen LogP contribution in [0, 0.1) is 21.8 Å². The van der Waals surface area contributed by atoms with Crippen LogP contribution in [0.3, 0.4) is 0 Å². The minimum Gasteiger partial charge on any atom is -0.490 e. The largest absolute Gasteiger partial charge is 0.490 e. The van der Waals surface area contributed by atoms with Crippen LogP contribution in [0.2, 0.25) is 0 Å². The summed E-state index contributed by atoms with van der Waals surface area (Å²) in [4.78, 5) is 10.1. The molecule has 0 aromatic heterocycles. The predicted molar refractivity (Wildman–Crippen MR) is 69.7 cm³/mol. The summed E-state index contributed by atoms with van der Waals surface area (Å²) in [7, 11) is 0. The molecule has 0 saturated heterocycles. The van der Waals surface area contributed by atoms with E-state index in [9.17, 15) is 14.5 Å². The first-order valence-corrected chi connectivity index (χ1v) is 6.71. The van der Waals surface area contributed by atoms with Crippen molar-refractivity contribution in [2.75, 3.05) is 0 Å². The molecule has 2 unspecified atom stereocenters. The summed E-state index contributed by atoms with van der Waals surface area (Å²) < 4.78 is 19.1. The minimum absolute atomic E-state index is 0.0418. The molecule has 5 heteroatoms. The second-order valence-corrected chi connectivity index (χ2v) is 5.01. The van der Waals surface area contributed by atoms with Crippen molar-refractivity contribution in [2.24, 2.45) is 5.92 Å². The van der Waals surface area contributed by atoms with Crippen LogP contribution in [0.4, 0.5) is 10.1 Å². The Morgan fingerprint density at radius 1 is 1.37 bits per heavy atom.